The third-order valence-corrected chi connectivity index (χ3v) is 7.02. The highest BCUT2D eigenvalue weighted by Gasteiger charge is 2.22. The molecule has 36 heavy (non-hydrogen) atoms. The number of rotatable bonds is 8. The fourth-order valence-electron chi connectivity index (χ4n) is 5.04. The lowest BCUT2D eigenvalue weighted by Gasteiger charge is -2.32. The van der Waals surface area contributed by atoms with Crippen LogP contribution in [0.4, 0.5) is 5.95 Å². The third-order valence-electron chi connectivity index (χ3n) is 7.02. The van der Waals surface area contributed by atoms with Crippen LogP contribution < -0.4 is 20.5 Å². The monoisotopic (exact) mass is 483 g/mol. The topological polar surface area (TPSA) is 72.3 Å². The second-order valence-corrected chi connectivity index (χ2v) is 9.20. The molecule has 1 saturated heterocycles. The van der Waals surface area contributed by atoms with Crippen molar-refractivity contribution in [2.24, 2.45) is 0 Å². The van der Waals surface area contributed by atoms with Crippen LogP contribution >= 0.6 is 0 Å². The van der Waals surface area contributed by atoms with Crippen molar-refractivity contribution >= 4 is 17.0 Å². The summed E-state index contributed by atoms with van der Waals surface area (Å²) < 4.78 is 7.28. The Hall–Kier alpha value is -3.71. The Labute approximate surface area is 211 Å². The first kappa shape index (κ1) is 24.0. The number of benzene rings is 2. The number of anilines is 1. The predicted octanol–water partition coefficient (Wildman–Crippen LogP) is 4.29. The van der Waals surface area contributed by atoms with Crippen LogP contribution in [0, 0.1) is 0 Å². The SMILES string of the molecule is CCn1c(=O)cc(-c2ccccc2OC)c2cnc(N3CCC(NCCc4ccccc4)CC3)nc21. The molecule has 1 aliphatic heterocycles. The lowest BCUT2D eigenvalue weighted by atomic mass is 10.0. The van der Waals surface area contributed by atoms with Crippen molar-refractivity contribution in [1.82, 2.24) is 19.9 Å². The van der Waals surface area contributed by atoms with E-state index in [1.165, 1.54) is 5.56 Å². The van der Waals surface area contributed by atoms with Gasteiger partial charge < -0.3 is 15.0 Å². The molecule has 7 nitrogen and oxygen atoms in total. The van der Waals surface area contributed by atoms with Crippen LogP contribution in [0.1, 0.15) is 25.3 Å². The molecule has 7 heteroatoms. The van der Waals surface area contributed by atoms with Gasteiger partial charge in [0.1, 0.15) is 11.4 Å². The number of piperidine rings is 1. The van der Waals surface area contributed by atoms with Gasteiger partial charge in [-0.3, -0.25) is 9.36 Å². The van der Waals surface area contributed by atoms with Crippen LogP contribution in [0.3, 0.4) is 0 Å². The Morgan fingerprint density at radius 3 is 2.53 bits per heavy atom. The molecule has 0 unspecified atom stereocenters. The zero-order valence-electron chi connectivity index (χ0n) is 21.0. The average Bonchev–Trinajstić information content (AvgIpc) is 2.93. The van der Waals surface area contributed by atoms with Gasteiger partial charge in [0, 0.05) is 54.5 Å². The number of hydrogen-bond donors (Lipinski definition) is 1. The Bertz CT molecular complexity index is 1380. The Kier molecular flexibility index (Phi) is 7.28. The summed E-state index contributed by atoms with van der Waals surface area (Å²) in [4.78, 5) is 24.9. The van der Waals surface area contributed by atoms with Crippen LogP contribution in [-0.4, -0.2) is 47.3 Å². The number of aryl methyl sites for hydroxylation is 1. The number of methoxy groups -OCH3 is 1. The van der Waals surface area contributed by atoms with Gasteiger partial charge in [0.2, 0.25) is 5.95 Å². The number of hydrogen-bond acceptors (Lipinski definition) is 6. The van der Waals surface area contributed by atoms with E-state index in [-0.39, 0.29) is 5.56 Å². The van der Waals surface area contributed by atoms with Gasteiger partial charge >= 0.3 is 0 Å². The molecule has 1 fully saturated rings. The van der Waals surface area contributed by atoms with Crippen molar-refractivity contribution in [2.75, 3.05) is 31.6 Å². The fourth-order valence-corrected chi connectivity index (χ4v) is 5.04. The van der Waals surface area contributed by atoms with Crippen LogP contribution in [0.15, 0.2) is 71.7 Å². The third kappa shape index (κ3) is 4.97. The van der Waals surface area contributed by atoms with E-state index in [4.69, 9.17) is 14.7 Å². The Morgan fingerprint density at radius 1 is 1.03 bits per heavy atom. The number of nitrogens with zero attached hydrogens (tertiary/aromatic N) is 4. The van der Waals surface area contributed by atoms with E-state index in [0.717, 1.165) is 61.2 Å². The standard InChI is InChI=1S/C29H33N5O2/c1-3-34-27(35)19-24(23-11-7-8-12-26(23)36-2)25-20-31-29(32-28(25)34)33-17-14-22(15-18-33)30-16-13-21-9-5-4-6-10-21/h4-12,19-20,22,30H,3,13-18H2,1-2H3. The zero-order valence-corrected chi connectivity index (χ0v) is 21.0. The van der Waals surface area contributed by atoms with Gasteiger partial charge in [-0.25, -0.2) is 4.98 Å². The molecule has 4 aromatic rings. The maximum atomic E-state index is 13.0. The largest absolute Gasteiger partial charge is 0.496 e. The molecule has 0 aliphatic carbocycles. The highest BCUT2D eigenvalue weighted by Crippen LogP contribution is 2.33. The molecule has 0 spiro atoms. The first-order valence-corrected chi connectivity index (χ1v) is 12.7. The average molecular weight is 484 g/mol. The first-order chi connectivity index (χ1) is 17.7. The highest BCUT2D eigenvalue weighted by atomic mass is 16.5. The minimum absolute atomic E-state index is 0.0723. The summed E-state index contributed by atoms with van der Waals surface area (Å²) in [5, 5.41) is 4.56. The van der Waals surface area contributed by atoms with E-state index in [1.807, 2.05) is 37.4 Å². The summed E-state index contributed by atoms with van der Waals surface area (Å²) in [5.41, 5.74) is 3.62. The van der Waals surface area contributed by atoms with Crippen molar-refractivity contribution in [3.63, 3.8) is 0 Å². The number of ether oxygens (including phenoxy) is 1. The van der Waals surface area contributed by atoms with Gasteiger partial charge in [0.05, 0.1) is 7.11 Å². The van der Waals surface area contributed by atoms with E-state index >= 15 is 0 Å². The molecule has 0 radical (unpaired) electrons. The highest BCUT2D eigenvalue weighted by molar-refractivity contribution is 5.94. The molecule has 2 aromatic carbocycles. The van der Waals surface area contributed by atoms with Crippen LogP contribution in [0.5, 0.6) is 5.75 Å². The molecule has 0 atom stereocenters. The van der Waals surface area contributed by atoms with Gasteiger partial charge in [-0.05, 0) is 44.4 Å². The number of para-hydroxylation sites is 1. The summed E-state index contributed by atoms with van der Waals surface area (Å²) in [6, 6.07) is 20.5. The molecule has 1 N–H and O–H groups in total. The Balaban J connectivity index is 1.35. The minimum atomic E-state index is -0.0723. The summed E-state index contributed by atoms with van der Waals surface area (Å²) in [5.74, 6) is 1.40. The zero-order chi connectivity index (χ0) is 24.9. The number of fused-ring (bicyclic) bond motifs is 1. The molecular weight excluding hydrogens is 450 g/mol. The van der Waals surface area contributed by atoms with Crippen molar-refractivity contribution < 1.29 is 4.74 Å². The van der Waals surface area contributed by atoms with Crippen molar-refractivity contribution in [1.29, 1.82) is 0 Å². The quantitative estimate of drug-likeness (QED) is 0.403. The van der Waals surface area contributed by atoms with Gasteiger partial charge in [-0.2, -0.15) is 4.98 Å². The number of aromatic nitrogens is 3. The molecule has 0 amide bonds. The van der Waals surface area contributed by atoms with Crippen molar-refractivity contribution in [3.05, 3.63) is 82.8 Å². The predicted molar refractivity (Wildman–Crippen MR) is 145 cm³/mol. The molecule has 0 bridgehead atoms. The Morgan fingerprint density at radius 2 is 1.78 bits per heavy atom. The van der Waals surface area contributed by atoms with E-state index < -0.39 is 0 Å². The van der Waals surface area contributed by atoms with Gasteiger partial charge in [0.15, 0.2) is 0 Å². The maximum Gasteiger partial charge on any atom is 0.252 e. The molecule has 3 heterocycles. The van der Waals surface area contributed by atoms with Crippen LogP contribution in [0.25, 0.3) is 22.2 Å². The van der Waals surface area contributed by atoms with Gasteiger partial charge in [-0.15, -0.1) is 0 Å². The second-order valence-electron chi connectivity index (χ2n) is 9.20. The lowest BCUT2D eigenvalue weighted by molar-refractivity contribution is 0.415. The summed E-state index contributed by atoms with van der Waals surface area (Å²) >= 11 is 0. The minimum Gasteiger partial charge on any atom is -0.496 e. The summed E-state index contributed by atoms with van der Waals surface area (Å²) in [6.45, 7) is 5.27. The first-order valence-electron chi connectivity index (χ1n) is 12.7. The van der Waals surface area contributed by atoms with Crippen molar-refractivity contribution in [2.45, 2.75) is 38.8 Å². The van der Waals surface area contributed by atoms with Crippen molar-refractivity contribution in [3.8, 4) is 16.9 Å². The van der Waals surface area contributed by atoms with Crippen LogP contribution in [-0.2, 0) is 13.0 Å². The van der Waals surface area contributed by atoms with E-state index in [1.54, 1.807) is 17.7 Å². The summed E-state index contributed by atoms with van der Waals surface area (Å²) in [6.07, 6.45) is 4.98. The van der Waals surface area contributed by atoms with Crippen LogP contribution in [0.2, 0.25) is 0 Å². The smallest absolute Gasteiger partial charge is 0.252 e. The molecule has 186 valence electrons. The molecular formula is C29H33N5O2. The molecule has 0 saturated carbocycles. The molecule has 2 aromatic heterocycles. The maximum absolute atomic E-state index is 13.0. The second kappa shape index (κ2) is 10.9. The molecule has 5 rings (SSSR count). The van der Waals surface area contributed by atoms with Gasteiger partial charge in [0.25, 0.3) is 5.56 Å². The summed E-state index contributed by atoms with van der Waals surface area (Å²) in [7, 11) is 1.64. The number of nitrogens with one attached hydrogen (secondary N) is 1. The van der Waals surface area contributed by atoms with E-state index in [2.05, 4.69) is 40.5 Å². The molecule has 1 aliphatic rings. The number of pyridine rings is 1. The normalized spacial score (nSPS) is 14.3. The lowest BCUT2D eigenvalue weighted by Crippen LogP contribution is -2.43. The fraction of sp³-hybridized carbons (Fsp3) is 0.345. The van der Waals surface area contributed by atoms with E-state index in [0.29, 0.717) is 24.2 Å². The van der Waals surface area contributed by atoms with Gasteiger partial charge in [-0.1, -0.05) is 48.5 Å². The van der Waals surface area contributed by atoms with E-state index in [9.17, 15) is 4.79 Å².